The normalized spacial score (nSPS) is 12.8. The quantitative estimate of drug-likeness (QED) is 0.209. The van der Waals surface area contributed by atoms with Crippen molar-refractivity contribution in [2.45, 2.75) is 64.2 Å². The molecule has 34 heavy (non-hydrogen) atoms. The molecule has 0 fully saturated rings. The maximum absolute atomic E-state index is 12.4. The topological polar surface area (TPSA) is 43.4 Å². The van der Waals surface area contributed by atoms with Crippen LogP contribution in [0.5, 0.6) is 5.75 Å². The van der Waals surface area contributed by atoms with E-state index in [0.29, 0.717) is 12.8 Å². The van der Waals surface area contributed by atoms with Gasteiger partial charge in [0.2, 0.25) is 0 Å². The zero-order chi connectivity index (χ0) is 24.0. The van der Waals surface area contributed by atoms with Gasteiger partial charge in [-0.25, -0.2) is 0 Å². The van der Waals surface area contributed by atoms with Gasteiger partial charge in [0.1, 0.15) is 12.0 Å². The van der Waals surface area contributed by atoms with Crippen LogP contribution in [0.3, 0.4) is 0 Å². The maximum Gasteiger partial charge on any atom is 0.166 e. The summed E-state index contributed by atoms with van der Waals surface area (Å²) in [6, 6.07) is 16.4. The Morgan fingerprint density at radius 2 is 1.53 bits per heavy atom. The van der Waals surface area contributed by atoms with Gasteiger partial charge in [-0.3, -0.25) is 4.79 Å². The molecule has 0 aliphatic heterocycles. The maximum atomic E-state index is 12.4. The Morgan fingerprint density at radius 3 is 2.21 bits per heavy atom. The molecule has 0 spiro atoms. The Bertz CT molecular complexity index is 994. The van der Waals surface area contributed by atoms with Crippen LogP contribution in [0, 0.1) is 0 Å². The number of benzene rings is 2. The SMILES string of the molecule is C=C(Cc1ccc(CC(=O)C2=CCCC=C2)cc1)c1ccc(OCCCCCCCC=O)cc1. The number of hydrogen-bond donors (Lipinski definition) is 0. The van der Waals surface area contributed by atoms with Crippen LogP contribution in [0.25, 0.3) is 5.57 Å². The molecule has 1 aliphatic carbocycles. The summed E-state index contributed by atoms with van der Waals surface area (Å²) in [5.41, 5.74) is 5.23. The Morgan fingerprint density at radius 1 is 0.853 bits per heavy atom. The standard InChI is InChI=1S/C31H36O3/c1-25(28-17-19-30(20-18-28)34-22-10-5-3-2-4-9-21-32)23-26-13-15-27(16-14-26)24-31(33)29-11-7-6-8-12-29/h7,11-21H,1-6,8-10,22-24H2. The average Bonchev–Trinajstić information content (AvgIpc) is 2.87. The fraction of sp³-hybridized carbons (Fsp3) is 0.355. The highest BCUT2D eigenvalue weighted by molar-refractivity contribution is 5.99. The number of rotatable bonds is 15. The first-order valence-electron chi connectivity index (χ1n) is 12.5. The Kier molecular flexibility index (Phi) is 10.6. The first-order valence-corrected chi connectivity index (χ1v) is 12.5. The Hall–Kier alpha value is -3.20. The number of allylic oxidation sites excluding steroid dienone is 5. The summed E-state index contributed by atoms with van der Waals surface area (Å²) < 4.78 is 5.85. The summed E-state index contributed by atoms with van der Waals surface area (Å²) in [6.07, 6.45) is 16.4. The second-order valence-electron chi connectivity index (χ2n) is 8.93. The van der Waals surface area contributed by atoms with Gasteiger partial charge in [0, 0.05) is 18.4 Å². The lowest BCUT2D eigenvalue weighted by Gasteiger charge is -2.10. The van der Waals surface area contributed by atoms with E-state index in [1.54, 1.807) is 0 Å². The van der Waals surface area contributed by atoms with Crippen LogP contribution in [0.15, 0.2) is 78.9 Å². The highest BCUT2D eigenvalue weighted by Crippen LogP contribution is 2.22. The molecule has 3 rings (SSSR count). The molecule has 0 saturated carbocycles. The molecule has 0 unspecified atom stereocenters. The fourth-order valence-corrected chi connectivity index (χ4v) is 4.07. The Labute approximate surface area is 204 Å². The average molecular weight is 457 g/mol. The number of aldehydes is 1. The summed E-state index contributed by atoms with van der Waals surface area (Å²) >= 11 is 0. The second kappa shape index (κ2) is 14.1. The Balaban J connectivity index is 1.40. The highest BCUT2D eigenvalue weighted by Gasteiger charge is 2.10. The van der Waals surface area contributed by atoms with Gasteiger partial charge in [-0.2, -0.15) is 0 Å². The van der Waals surface area contributed by atoms with E-state index >= 15 is 0 Å². The van der Waals surface area contributed by atoms with Crippen LogP contribution in [-0.2, 0) is 22.4 Å². The van der Waals surface area contributed by atoms with Gasteiger partial charge in [-0.1, -0.05) is 80.5 Å². The molecule has 0 heterocycles. The smallest absolute Gasteiger partial charge is 0.166 e. The minimum absolute atomic E-state index is 0.185. The number of carbonyl (C=O) groups is 2. The summed E-state index contributed by atoms with van der Waals surface area (Å²) in [4.78, 5) is 22.7. The van der Waals surface area contributed by atoms with Crippen LogP contribution < -0.4 is 4.74 Å². The third-order valence-corrected chi connectivity index (χ3v) is 6.12. The van der Waals surface area contributed by atoms with Crippen molar-refractivity contribution in [1.82, 2.24) is 0 Å². The molecule has 1 aliphatic rings. The molecule has 0 aromatic heterocycles. The van der Waals surface area contributed by atoms with Crippen LogP contribution in [0.2, 0.25) is 0 Å². The number of carbonyl (C=O) groups excluding carboxylic acids is 2. The molecule has 0 bridgehead atoms. The van der Waals surface area contributed by atoms with E-state index in [0.717, 1.165) is 92.3 Å². The lowest BCUT2D eigenvalue weighted by molar-refractivity contribution is -0.114. The molecule has 3 nitrogen and oxygen atoms in total. The van der Waals surface area contributed by atoms with Gasteiger partial charge >= 0.3 is 0 Å². The molecule has 0 radical (unpaired) electrons. The fourth-order valence-electron chi connectivity index (χ4n) is 4.07. The molecule has 0 N–H and O–H groups in total. The van der Waals surface area contributed by atoms with E-state index in [9.17, 15) is 9.59 Å². The van der Waals surface area contributed by atoms with E-state index in [4.69, 9.17) is 4.74 Å². The van der Waals surface area contributed by atoms with Crippen molar-refractivity contribution in [2.24, 2.45) is 0 Å². The molecule has 2 aromatic rings. The second-order valence-corrected chi connectivity index (χ2v) is 8.93. The molecular formula is C31H36O3. The third-order valence-electron chi connectivity index (χ3n) is 6.12. The van der Waals surface area contributed by atoms with E-state index in [-0.39, 0.29) is 5.78 Å². The zero-order valence-electron chi connectivity index (χ0n) is 20.1. The summed E-state index contributed by atoms with van der Waals surface area (Å²) in [5.74, 6) is 1.07. The van der Waals surface area contributed by atoms with Gasteiger partial charge in [0.15, 0.2) is 5.78 Å². The number of Topliss-reactive ketones (excluding diaryl/α,β-unsaturated/α-hetero) is 1. The van der Waals surface area contributed by atoms with Crippen molar-refractivity contribution in [2.75, 3.05) is 6.61 Å². The molecule has 3 heteroatoms. The molecule has 2 aromatic carbocycles. The lowest BCUT2D eigenvalue weighted by Crippen LogP contribution is -2.06. The molecule has 0 saturated heterocycles. The predicted octanol–water partition coefficient (Wildman–Crippen LogP) is 7.25. The third kappa shape index (κ3) is 8.62. The minimum atomic E-state index is 0.185. The zero-order valence-corrected chi connectivity index (χ0v) is 20.1. The number of ketones is 1. The van der Waals surface area contributed by atoms with E-state index in [1.165, 1.54) is 5.56 Å². The van der Waals surface area contributed by atoms with E-state index < -0.39 is 0 Å². The van der Waals surface area contributed by atoms with Gasteiger partial charge in [-0.15, -0.1) is 0 Å². The number of ether oxygens (including phenoxy) is 1. The van der Waals surface area contributed by atoms with Crippen molar-refractivity contribution in [3.8, 4) is 5.75 Å². The van der Waals surface area contributed by atoms with Crippen LogP contribution in [0.1, 0.15) is 68.1 Å². The molecule has 0 amide bonds. The monoisotopic (exact) mass is 456 g/mol. The largest absolute Gasteiger partial charge is 0.494 e. The summed E-state index contributed by atoms with van der Waals surface area (Å²) in [7, 11) is 0. The van der Waals surface area contributed by atoms with E-state index in [1.807, 2.05) is 36.4 Å². The molecular weight excluding hydrogens is 420 g/mol. The van der Waals surface area contributed by atoms with Crippen molar-refractivity contribution < 1.29 is 14.3 Å². The van der Waals surface area contributed by atoms with Crippen molar-refractivity contribution in [1.29, 1.82) is 0 Å². The van der Waals surface area contributed by atoms with Crippen molar-refractivity contribution in [3.05, 3.63) is 95.6 Å². The van der Waals surface area contributed by atoms with Crippen molar-refractivity contribution in [3.63, 3.8) is 0 Å². The first-order chi connectivity index (χ1) is 16.7. The number of unbranched alkanes of at least 4 members (excludes halogenated alkanes) is 5. The van der Waals surface area contributed by atoms with E-state index in [2.05, 4.69) is 36.9 Å². The summed E-state index contributed by atoms with van der Waals surface area (Å²) in [5, 5.41) is 0. The van der Waals surface area contributed by atoms with Crippen LogP contribution in [-0.4, -0.2) is 18.7 Å². The van der Waals surface area contributed by atoms with Crippen LogP contribution >= 0.6 is 0 Å². The van der Waals surface area contributed by atoms with Gasteiger partial charge < -0.3 is 9.53 Å². The highest BCUT2D eigenvalue weighted by atomic mass is 16.5. The minimum Gasteiger partial charge on any atom is -0.494 e. The van der Waals surface area contributed by atoms with Crippen LogP contribution in [0.4, 0.5) is 0 Å². The van der Waals surface area contributed by atoms with Gasteiger partial charge in [0.05, 0.1) is 6.61 Å². The summed E-state index contributed by atoms with van der Waals surface area (Å²) in [6.45, 7) is 4.99. The first kappa shape index (κ1) is 25.4. The molecule has 0 atom stereocenters. The van der Waals surface area contributed by atoms with Gasteiger partial charge in [0.25, 0.3) is 0 Å². The predicted molar refractivity (Wildman–Crippen MR) is 140 cm³/mol. The number of hydrogen-bond acceptors (Lipinski definition) is 3. The molecule has 178 valence electrons. The van der Waals surface area contributed by atoms with Crippen molar-refractivity contribution >= 4 is 17.6 Å². The van der Waals surface area contributed by atoms with Gasteiger partial charge in [-0.05, 0) is 66.5 Å². The lowest BCUT2D eigenvalue weighted by atomic mass is 9.96.